The van der Waals surface area contributed by atoms with Crippen molar-refractivity contribution in [1.82, 2.24) is 4.31 Å². The molecule has 1 aliphatic rings. The molecule has 1 heterocycles. The molecule has 4 nitrogen and oxygen atoms in total. The van der Waals surface area contributed by atoms with Crippen molar-refractivity contribution in [2.75, 3.05) is 13.1 Å². The van der Waals surface area contributed by atoms with Crippen LogP contribution in [0.25, 0.3) is 0 Å². The smallest absolute Gasteiger partial charge is 0.246 e. The molecule has 0 bridgehead atoms. The Balaban J connectivity index is 2.38. The number of aliphatic hydroxyl groups is 1. The van der Waals surface area contributed by atoms with Crippen molar-refractivity contribution in [3.8, 4) is 0 Å². The Kier molecular flexibility index (Phi) is 3.15. The second-order valence-corrected chi connectivity index (χ2v) is 5.79. The molecule has 0 spiro atoms. The van der Waals surface area contributed by atoms with Gasteiger partial charge in [-0.3, -0.25) is 0 Å². The third kappa shape index (κ3) is 2.31. The molecule has 1 aromatic rings. The molecule has 0 radical (unpaired) electrons. The van der Waals surface area contributed by atoms with E-state index in [0.29, 0.717) is 12.5 Å². The van der Waals surface area contributed by atoms with E-state index in [1.54, 1.807) is 0 Å². The van der Waals surface area contributed by atoms with Gasteiger partial charge in [0, 0.05) is 19.2 Å². The van der Waals surface area contributed by atoms with Crippen LogP contribution in [0.1, 0.15) is 6.42 Å². The molecule has 1 unspecified atom stereocenters. The molecule has 17 heavy (non-hydrogen) atoms. The second-order valence-electron chi connectivity index (χ2n) is 3.88. The first-order chi connectivity index (χ1) is 7.91. The fourth-order valence-corrected chi connectivity index (χ4v) is 3.29. The van der Waals surface area contributed by atoms with Crippen molar-refractivity contribution in [1.29, 1.82) is 0 Å². The average Bonchev–Trinajstić information content (AvgIpc) is 2.64. The summed E-state index contributed by atoms with van der Waals surface area (Å²) in [5.74, 6) is -1.95. The maximum absolute atomic E-state index is 13.4. The van der Waals surface area contributed by atoms with Crippen LogP contribution in [-0.4, -0.2) is 37.0 Å². The Morgan fingerprint density at radius 3 is 2.59 bits per heavy atom. The van der Waals surface area contributed by atoms with Crippen molar-refractivity contribution in [3.05, 3.63) is 29.8 Å². The Hall–Kier alpha value is -1.05. The molecule has 1 aromatic carbocycles. The highest BCUT2D eigenvalue weighted by molar-refractivity contribution is 7.89. The van der Waals surface area contributed by atoms with Gasteiger partial charge in [-0.25, -0.2) is 17.2 Å². The molecule has 1 N–H and O–H groups in total. The lowest BCUT2D eigenvalue weighted by molar-refractivity contribution is 0.189. The molecule has 0 amide bonds. The molecule has 2 rings (SSSR count). The molecule has 0 aromatic heterocycles. The molecule has 1 fully saturated rings. The number of hydrogen-bond acceptors (Lipinski definition) is 3. The fourth-order valence-electron chi connectivity index (χ4n) is 1.75. The van der Waals surface area contributed by atoms with E-state index in [4.69, 9.17) is 0 Å². The zero-order valence-electron chi connectivity index (χ0n) is 8.81. The summed E-state index contributed by atoms with van der Waals surface area (Å²) in [5.41, 5.74) is 0. The summed E-state index contributed by atoms with van der Waals surface area (Å²) in [5, 5.41) is 9.26. The van der Waals surface area contributed by atoms with E-state index in [9.17, 15) is 22.3 Å². The zero-order valence-corrected chi connectivity index (χ0v) is 9.62. The van der Waals surface area contributed by atoms with Crippen LogP contribution in [0.3, 0.4) is 0 Å². The lowest BCUT2D eigenvalue weighted by Crippen LogP contribution is -2.30. The van der Waals surface area contributed by atoms with Crippen LogP contribution in [0.2, 0.25) is 0 Å². The summed E-state index contributed by atoms with van der Waals surface area (Å²) < 4.78 is 51.0. The van der Waals surface area contributed by atoms with Crippen LogP contribution in [0.5, 0.6) is 0 Å². The van der Waals surface area contributed by atoms with E-state index in [2.05, 4.69) is 0 Å². The van der Waals surface area contributed by atoms with Crippen molar-refractivity contribution in [2.45, 2.75) is 17.4 Å². The summed E-state index contributed by atoms with van der Waals surface area (Å²) in [4.78, 5) is -0.562. The first kappa shape index (κ1) is 12.4. The first-order valence-electron chi connectivity index (χ1n) is 5.04. The number of rotatable bonds is 2. The van der Waals surface area contributed by atoms with Gasteiger partial charge < -0.3 is 5.11 Å². The quantitative estimate of drug-likeness (QED) is 0.855. The topological polar surface area (TPSA) is 57.6 Å². The van der Waals surface area contributed by atoms with Gasteiger partial charge in [-0.1, -0.05) is 0 Å². The summed E-state index contributed by atoms with van der Waals surface area (Å²) in [6.07, 6.45) is -0.407. The highest BCUT2D eigenvalue weighted by Gasteiger charge is 2.33. The van der Waals surface area contributed by atoms with Gasteiger partial charge in [0.2, 0.25) is 10.0 Å². The van der Waals surface area contributed by atoms with Crippen LogP contribution < -0.4 is 0 Å². The van der Waals surface area contributed by atoms with Crippen molar-refractivity contribution < 1.29 is 22.3 Å². The van der Waals surface area contributed by atoms with Crippen LogP contribution in [-0.2, 0) is 10.0 Å². The Bertz CT molecular complexity index is 532. The van der Waals surface area contributed by atoms with Gasteiger partial charge in [0.25, 0.3) is 0 Å². The molecule has 0 aliphatic carbocycles. The van der Waals surface area contributed by atoms with Crippen LogP contribution in [0, 0.1) is 11.6 Å². The predicted molar refractivity (Wildman–Crippen MR) is 55.7 cm³/mol. The first-order valence-corrected chi connectivity index (χ1v) is 6.48. The molecule has 0 saturated carbocycles. The number of benzene rings is 1. The Morgan fingerprint density at radius 1 is 1.35 bits per heavy atom. The monoisotopic (exact) mass is 263 g/mol. The van der Waals surface area contributed by atoms with Gasteiger partial charge in [-0.05, 0) is 18.6 Å². The number of nitrogens with zero attached hydrogens (tertiary/aromatic N) is 1. The van der Waals surface area contributed by atoms with Gasteiger partial charge in [0.15, 0.2) is 0 Å². The fraction of sp³-hybridized carbons (Fsp3) is 0.400. The SMILES string of the molecule is O=S(=O)(c1ccc(F)cc1F)N1CCC(O)C1. The standard InChI is InChI=1S/C10H11F2NO3S/c11-7-1-2-10(9(12)5-7)17(15,16)13-4-3-8(14)6-13/h1-2,5,8,14H,3-4,6H2. The molecule has 1 atom stereocenters. The Labute approximate surface area is 97.5 Å². The van der Waals surface area contributed by atoms with Gasteiger partial charge >= 0.3 is 0 Å². The van der Waals surface area contributed by atoms with Crippen LogP contribution in [0.4, 0.5) is 8.78 Å². The largest absolute Gasteiger partial charge is 0.392 e. The van der Waals surface area contributed by atoms with Gasteiger partial charge in [-0.15, -0.1) is 0 Å². The van der Waals surface area contributed by atoms with Gasteiger partial charge in [0.1, 0.15) is 16.5 Å². The average molecular weight is 263 g/mol. The van der Waals surface area contributed by atoms with E-state index in [1.807, 2.05) is 0 Å². The normalized spacial score (nSPS) is 21.9. The van der Waals surface area contributed by atoms with E-state index < -0.39 is 32.7 Å². The zero-order chi connectivity index (χ0) is 12.6. The van der Waals surface area contributed by atoms with Crippen molar-refractivity contribution >= 4 is 10.0 Å². The third-order valence-corrected chi connectivity index (χ3v) is 4.54. The maximum Gasteiger partial charge on any atom is 0.246 e. The summed E-state index contributed by atoms with van der Waals surface area (Å²) in [6, 6.07) is 2.31. The van der Waals surface area contributed by atoms with E-state index in [0.717, 1.165) is 16.4 Å². The molecule has 1 saturated heterocycles. The van der Waals surface area contributed by atoms with E-state index in [1.165, 1.54) is 0 Å². The van der Waals surface area contributed by atoms with Crippen molar-refractivity contribution in [3.63, 3.8) is 0 Å². The molecule has 1 aliphatic heterocycles. The number of aliphatic hydroxyl groups excluding tert-OH is 1. The molecular formula is C10H11F2NO3S. The minimum atomic E-state index is -3.99. The second kappa shape index (κ2) is 4.32. The van der Waals surface area contributed by atoms with Crippen LogP contribution in [0.15, 0.2) is 23.1 Å². The predicted octanol–water partition coefficient (Wildman–Crippen LogP) is 0.720. The number of β-amino-alcohol motifs (C(OH)–C–C–N with tert-alkyl or cyclic N) is 1. The molecular weight excluding hydrogens is 252 g/mol. The number of sulfonamides is 1. The van der Waals surface area contributed by atoms with E-state index in [-0.39, 0.29) is 13.1 Å². The van der Waals surface area contributed by atoms with Crippen LogP contribution >= 0.6 is 0 Å². The maximum atomic E-state index is 13.4. The minimum absolute atomic E-state index is 0.0564. The summed E-state index contributed by atoms with van der Waals surface area (Å²) in [7, 11) is -3.99. The third-order valence-electron chi connectivity index (χ3n) is 2.64. The highest BCUT2D eigenvalue weighted by atomic mass is 32.2. The van der Waals surface area contributed by atoms with Gasteiger partial charge in [0.05, 0.1) is 6.10 Å². The van der Waals surface area contributed by atoms with Gasteiger partial charge in [-0.2, -0.15) is 4.31 Å². The molecule has 94 valence electrons. The number of halogens is 2. The Morgan fingerprint density at radius 2 is 2.06 bits per heavy atom. The summed E-state index contributed by atoms with van der Waals surface area (Å²) >= 11 is 0. The lowest BCUT2D eigenvalue weighted by atomic mass is 10.3. The van der Waals surface area contributed by atoms with E-state index >= 15 is 0 Å². The number of hydrogen-bond donors (Lipinski definition) is 1. The highest BCUT2D eigenvalue weighted by Crippen LogP contribution is 2.23. The molecule has 7 heteroatoms. The van der Waals surface area contributed by atoms with Crippen molar-refractivity contribution in [2.24, 2.45) is 0 Å². The summed E-state index contributed by atoms with van der Waals surface area (Å²) in [6.45, 7) is 0.0828. The minimum Gasteiger partial charge on any atom is -0.392 e. The lowest BCUT2D eigenvalue weighted by Gasteiger charge is -2.16.